The largest absolute Gasteiger partial charge is 0.481 e. The van der Waals surface area contributed by atoms with Crippen LogP contribution in [0.2, 0.25) is 5.02 Å². The van der Waals surface area contributed by atoms with E-state index in [1.54, 1.807) is 0 Å². The SMILES string of the molecule is CCC(CC)c1ccc(C2(C(=O)O)CCCCC2)cc1Cl. The fourth-order valence-corrected chi connectivity index (χ4v) is 4.00. The van der Waals surface area contributed by atoms with Crippen molar-refractivity contribution < 1.29 is 9.90 Å². The van der Waals surface area contributed by atoms with E-state index < -0.39 is 11.4 Å². The summed E-state index contributed by atoms with van der Waals surface area (Å²) < 4.78 is 0. The number of carbonyl (C=O) groups is 1. The van der Waals surface area contributed by atoms with Gasteiger partial charge in [-0.25, -0.2) is 0 Å². The maximum Gasteiger partial charge on any atom is 0.314 e. The van der Waals surface area contributed by atoms with Crippen LogP contribution in [-0.4, -0.2) is 11.1 Å². The Hall–Kier alpha value is -1.02. The van der Waals surface area contributed by atoms with Crippen LogP contribution < -0.4 is 0 Å². The second-order valence-electron chi connectivity index (χ2n) is 6.20. The van der Waals surface area contributed by atoms with E-state index >= 15 is 0 Å². The van der Waals surface area contributed by atoms with Gasteiger partial charge >= 0.3 is 5.97 Å². The van der Waals surface area contributed by atoms with Gasteiger partial charge in [0.2, 0.25) is 0 Å². The number of hydrogen-bond donors (Lipinski definition) is 1. The van der Waals surface area contributed by atoms with Crippen LogP contribution >= 0.6 is 11.6 Å². The molecule has 1 saturated carbocycles. The predicted octanol–water partition coefficient (Wildman–Crippen LogP) is 5.53. The van der Waals surface area contributed by atoms with Crippen LogP contribution in [0.15, 0.2) is 18.2 Å². The standard InChI is InChI=1S/C18H25ClO2/c1-3-13(4-2)15-9-8-14(12-16(15)19)18(17(20)21)10-6-5-7-11-18/h8-9,12-13H,3-7,10-11H2,1-2H3,(H,20,21). The van der Waals surface area contributed by atoms with Crippen LogP contribution in [-0.2, 0) is 10.2 Å². The third-order valence-corrected chi connectivity index (χ3v) is 5.42. The first-order valence-electron chi connectivity index (χ1n) is 8.08. The third-order valence-electron chi connectivity index (χ3n) is 5.09. The lowest BCUT2D eigenvalue weighted by atomic mass is 9.69. The summed E-state index contributed by atoms with van der Waals surface area (Å²) in [6.07, 6.45) is 6.66. The topological polar surface area (TPSA) is 37.3 Å². The molecular formula is C18H25ClO2. The number of carboxylic acids is 1. The van der Waals surface area contributed by atoms with Crippen molar-refractivity contribution in [3.63, 3.8) is 0 Å². The molecule has 1 N–H and O–H groups in total. The molecule has 116 valence electrons. The Morgan fingerprint density at radius 3 is 2.33 bits per heavy atom. The minimum atomic E-state index is -0.728. The lowest BCUT2D eigenvalue weighted by Crippen LogP contribution is -2.37. The molecule has 0 amide bonds. The highest BCUT2D eigenvalue weighted by atomic mass is 35.5. The van der Waals surface area contributed by atoms with Gasteiger partial charge in [0.25, 0.3) is 0 Å². The van der Waals surface area contributed by atoms with E-state index in [9.17, 15) is 9.90 Å². The minimum Gasteiger partial charge on any atom is -0.481 e. The van der Waals surface area contributed by atoms with Gasteiger partial charge < -0.3 is 5.11 Å². The van der Waals surface area contributed by atoms with Gasteiger partial charge in [0.15, 0.2) is 0 Å². The van der Waals surface area contributed by atoms with Gasteiger partial charge in [0.05, 0.1) is 5.41 Å². The fraction of sp³-hybridized carbons (Fsp3) is 0.611. The van der Waals surface area contributed by atoms with Gasteiger partial charge in [-0.3, -0.25) is 4.79 Å². The Bertz CT molecular complexity index is 500. The molecule has 1 aliphatic carbocycles. The zero-order chi connectivity index (χ0) is 15.5. The van der Waals surface area contributed by atoms with E-state index in [1.807, 2.05) is 12.1 Å². The highest BCUT2D eigenvalue weighted by Gasteiger charge is 2.41. The Morgan fingerprint density at radius 1 is 1.24 bits per heavy atom. The van der Waals surface area contributed by atoms with Crippen LogP contribution in [0.5, 0.6) is 0 Å². The van der Waals surface area contributed by atoms with Gasteiger partial charge in [-0.15, -0.1) is 0 Å². The molecule has 3 heteroatoms. The normalized spacial score (nSPS) is 17.9. The third kappa shape index (κ3) is 3.11. The van der Waals surface area contributed by atoms with Gasteiger partial charge in [-0.2, -0.15) is 0 Å². The van der Waals surface area contributed by atoms with Crippen molar-refractivity contribution >= 4 is 17.6 Å². The van der Waals surface area contributed by atoms with Crippen molar-refractivity contribution in [2.45, 2.75) is 70.1 Å². The summed E-state index contributed by atoms with van der Waals surface area (Å²) >= 11 is 6.47. The molecule has 0 aromatic heterocycles. The maximum absolute atomic E-state index is 11.9. The Balaban J connectivity index is 2.40. The van der Waals surface area contributed by atoms with Gasteiger partial charge in [-0.1, -0.05) is 56.8 Å². The highest BCUT2D eigenvalue weighted by Crippen LogP contribution is 2.42. The molecule has 2 rings (SSSR count). The second-order valence-corrected chi connectivity index (χ2v) is 6.60. The van der Waals surface area contributed by atoms with E-state index in [1.165, 1.54) is 0 Å². The minimum absolute atomic E-state index is 0.457. The molecule has 0 unspecified atom stereocenters. The maximum atomic E-state index is 11.9. The van der Waals surface area contributed by atoms with E-state index in [0.29, 0.717) is 5.92 Å². The molecule has 21 heavy (non-hydrogen) atoms. The smallest absolute Gasteiger partial charge is 0.314 e. The summed E-state index contributed by atoms with van der Waals surface area (Å²) in [7, 11) is 0. The Labute approximate surface area is 132 Å². The van der Waals surface area contributed by atoms with Crippen LogP contribution in [0.3, 0.4) is 0 Å². The van der Waals surface area contributed by atoms with Crippen LogP contribution in [0.1, 0.15) is 75.8 Å². The number of rotatable bonds is 5. The number of halogens is 1. The molecule has 1 aromatic rings. The number of aliphatic carboxylic acids is 1. The number of benzene rings is 1. The van der Waals surface area contributed by atoms with Crippen molar-refractivity contribution in [3.8, 4) is 0 Å². The average Bonchev–Trinajstić information content (AvgIpc) is 2.50. The monoisotopic (exact) mass is 308 g/mol. The summed E-state index contributed by atoms with van der Waals surface area (Å²) in [6, 6.07) is 5.96. The van der Waals surface area contributed by atoms with Crippen molar-refractivity contribution in [1.29, 1.82) is 0 Å². The van der Waals surface area contributed by atoms with Gasteiger partial charge in [0.1, 0.15) is 0 Å². The molecule has 1 aromatic carbocycles. The molecule has 0 heterocycles. The second kappa shape index (κ2) is 6.83. The molecule has 0 spiro atoms. The number of carboxylic acid groups (broad SMARTS) is 1. The van der Waals surface area contributed by atoms with Crippen LogP contribution in [0.25, 0.3) is 0 Å². The Morgan fingerprint density at radius 2 is 1.86 bits per heavy atom. The highest BCUT2D eigenvalue weighted by molar-refractivity contribution is 6.31. The summed E-state index contributed by atoms with van der Waals surface area (Å²) in [6.45, 7) is 4.33. The molecule has 0 saturated heterocycles. The quantitative estimate of drug-likeness (QED) is 0.776. The van der Waals surface area contributed by atoms with E-state index in [4.69, 9.17) is 11.6 Å². The lowest BCUT2D eigenvalue weighted by molar-refractivity contribution is -0.145. The van der Waals surface area contributed by atoms with Gasteiger partial charge in [0, 0.05) is 5.02 Å². The molecule has 1 fully saturated rings. The first-order valence-corrected chi connectivity index (χ1v) is 8.46. The van der Waals surface area contributed by atoms with E-state index in [2.05, 4.69) is 19.9 Å². The summed E-state index contributed by atoms with van der Waals surface area (Å²) in [5.74, 6) is -0.243. The van der Waals surface area contributed by atoms with Crippen LogP contribution in [0.4, 0.5) is 0 Å². The molecule has 1 aliphatic rings. The van der Waals surface area contributed by atoms with E-state index in [-0.39, 0.29) is 0 Å². The van der Waals surface area contributed by atoms with Crippen molar-refractivity contribution in [2.75, 3.05) is 0 Å². The summed E-state index contributed by atoms with van der Waals surface area (Å²) in [5.41, 5.74) is 1.31. The van der Waals surface area contributed by atoms with Crippen molar-refractivity contribution in [1.82, 2.24) is 0 Å². The van der Waals surface area contributed by atoms with Crippen molar-refractivity contribution in [3.05, 3.63) is 34.3 Å². The first-order chi connectivity index (χ1) is 10.0. The average molecular weight is 309 g/mol. The fourth-order valence-electron chi connectivity index (χ4n) is 3.67. The first kappa shape index (κ1) is 16.4. The molecule has 0 bridgehead atoms. The van der Waals surface area contributed by atoms with Crippen LogP contribution in [0, 0.1) is 0 Å². The molecular weight excluding hydrogens is 284 g/mol. The Kier molecular flexibility index (Phi) is 5.32. The summed E-state index contributed by atoms with van der Waals surface area (Å²) in [4.78, 5) is 11.9. The molecule has 2 nitrogen and oxygen atoms in total. The summed E-state index contributed by atoms with van der Waals surface area (Å²) in [5, 5.41) is 10.5. The predicted molar refractivity (Wildman–Crippen MR) is 87.2 cm³/mol. The van der Waals surface area contributed by atoms with Gasteiger partial charge in [-0.05, 0) is 48.8 Å². The number of hydrogen-bond acceptors (Lipinski definition) is 1. The molecule has 0 aliphatic heterocycles. The molecule has 0 radical (unpaired) electrons. The zero-order valence-corrected chi connectivity index (χ0v) is 13.7. The van der Waals surface area contributed by atoms with Crippen molar-refractivity contribution in [2.24, 2.45) is 0 Å². The zero-order valence-electron chi connectivity index (χ0n) is 13.0. The molecule has 0 atom stereocenters. The van der Waals surface area contributed by atoms with E-state index in [0.717, 1.165) is 61.1 Å². The lowest BCUT2D eigenvalue weighted by Gasteiger charge is -2.34.